The highest BCUT2D eigenvalue weighted by molar-refractivity contribution is 7.99. The molecule has 0 amide bonds. The summed E-state index contributed by atoms with van der Waals surface area (Å²) < 4.78 is 13.7. The van der Waals surface area contributed by atoms with Crippen LogP contribution in [0.4, 0.5) is 10.1 Å². The topological polar surface area (TPSA) is 80.4 Å². The first-order valence-electron chi connectivity index (χ1n) is 5.53. The van der Waals surface area contributed by atoms with Crippen LogP contribution in [0.5, 0.6) is 0 Å². The summed E-state index contributed by atoms with van der Waals surface area (Å²) in [5.41, 5.74) is -1.23. The Labute approximate surface area is 127 Å². The molecule has 8 heteroatoms. The molecular formula is C13H7ClFNO4S. The summed E-state index contributed by atoms with van der Waals surface area (Å²) in [6.07, 6.45) is 0. The lowest BCUT2D eigenvalue weighted by molar-refractivity contribution is -0.387. The van der Waals surface area contributed by atoms with Gasteiger partial charge in [-0.3, -0.25) is 10.1 Å². The standard InChI is InChI=1S/C13H7ClFNO4S/c14-8-3-1-2-4-11(8)21-12-6-9(15)7(13(17)18)5-10(12)16(19)20/h1-6H,(H,17,18). The molecule has 0 saturated heterocycles. The molecule has 5 nitrogen and oxygen atoms in total. The number of carboxylic acid groups (broad SMARTS) is 1. The first-order chi connectivity index (χ1) is 9.90. The van der Waals surface area contributed by atoms with Gasteiger partial charge in [0.25, 0.3) is 5.69 Å². The lowest BCUT2D eigenvalue weighted by Gasteiger charge is -2.06. The van der Waals surface area contributed by atoms with Crippen LogP contribution in [0, 0.1) is 15.9 Å². The minimum Gasteiger partial charge on any atom is -0.478 e. The van der Waals surface area contributed by atoms with Crippen LogP contribution in [-0.4, -0.2) is 16.0 Å². The molecule has 0 aliphatic heterocycles. The first-order valence-corrected chi connectivity index (χ1v) is 6.73. The van der Waals surface area contributed by atoms with E-state index in [0.717, 1.165) is 17.8 Å². The number of carbonyl (C=O) groups is 1. The van der Waals surface area contributed by atoms with Gasteiger partial charge >= 0.3 is 5.97 Å². The predicted molar refractivity (Wildman–Crippen MR) is 75.6 cm³/mol. The van der Waals surface area contributed by atoms with Gasteiger partial charge < -0.3 is 5.11 Å². The van der Waals surface area contributed by atoms with Crippen LogP contribution in [0.25, 0.3) is 0 Å². The van der Waals surface area contributed by atoms with Crippen molar-refractivity contribution in [1.29, 1.82) is 0 Å². The summed E-state index contributed by atoms with van der Waals surface area (Å²) in [6, 6.07) is 8.13. The Hall–Kier alpha value is -2.12. The second-order valence-corrected chi connectivity index (χ2v) is 5.39. The molecule has 2 rings (SSSR count). The Morgan fingerprint density at radius 1 is 1.29 bits per heavy atom. The zero-order valence-corrected chi connectivity index (χ0v) is 11.8. The maximum absolute atomic E-state index is 13.7. The Balaban J connectivity index is 2.53. The van der Waals surface area contributed by atoms with E-state index in [0.29, 0.717) is 16.0 Å². The molecule has 0 aromatic heterocycles. The summed E-state index contributed by atoms with van der Waals surface area (Å²) in [7, 11) is 0. The van der Waals surface area contributed by atoms with Crippen LogP contribution < -0.4 is 0 Å². The van der Waals surface area contributed by atoms with Gasteiger partial charge in [-0.1, -0.05) is 35.5 Å². The Morgan fingerprint density at radius 2 is 1.95 bits per heavy atom. The number of carboxylic acids is 1. The van der Waals surface area contributed by atoms with E-state index in [1.807, 2.05) is 0 Å². The second kappa shape index (κ2) is 6.11. The SMILES string of the molecule is O=C(O)c1cc([N+](=O)[O-])c(Sc2ccccc2Cl)cc1F. The average molecular weight is 328 g/mol. The highest BCUT2D eigenvalue weighted by Crippen LogP contribution is 2.39. The van der Waals surface area contributed by atoms with Gasteiger partial charge in [-0.15, -0.1) is 0 Å². The third-order valence-corrected chi connectivity index (χ3v) is 4.10. The summed E-state index contributed by atoms with van der Waals surface area (Å²) in [4.78, 5) is 21.6. The summed E-state index contributed by atoms with van der Waals surface area (Å²) in [5, 5.41) is 20.2. The molecule has 21 heavy (non-hydrogen) atoms. The second-order valence-electron chi connectivity index (χ2n) is 3.89. The summed E-state index contributed by atoms with van der Waals surface area (Å²) in [5.74, 6) is -2.60. The van der Waals surface area contributed by atoms with Gasteiger partial charge in [0.05, 0.1) is 14.8 Å². The van der Waals surface area contributed by atoms with Gasteiger partial charge in [0.15, 0.2) is 0 Å². The normalized spacial score (nSPS) is 10.4. The number of rotatable bonds is 4. The van der Waals surface area contributed by atoms with Crippen molar-refractivity contribution in [1.82, 2.24) is 0 Å². The van der Waals surface area contributed by atoms with E-state index in [-0.39, 0.29) is 4.90 Å². The molecule has 2 aromatic rings. The zero-order chi connectivity index (χ0) is 15.6. The molecule has 0 bridgehead atoms. The van der Waals surface area contributed by atoms with Crippen molar-refractivity contribution < 1.29 is 19.2 Å². The molecule has 0 atom stereocenters. The van der Waals surface area contributed by atoms with Gasteiger partial charge in [0, 0.05) is 11.0 Å². The van der Waals surface area contributed by atoms with Crippen LogP contribution in [0.1, 0.15) is 10.4 Å². The molecule has 0 aliphatic rings. The number of benzene rings is 2. The van der Waals surface area contributed by atoms with Crippen LogP contribution in [0.3, 0.4) is 0 Å². The van der Waals surface area contributed by atoms with Crippen molar-refractivity contribution in [2.45, 2.75) is 9.79 Å². The fourth-order valence-electron chi connectivity index (χ4n) is 1.58. The Bertz CT molecular complexity index is 738. The third kappa shape index (κ3) is 3.32. The van der Waals surface area contributed by atoms with Gasteiger partial charge in [-0.05, 0) is 18.2 Å². The van der Waals surface area contributed by atoms with Crippen molar-refractivity contribution >= 4 is 35.0 Å². The van der Waals surface area contributed by atoms with Crippen LogP contribution in [-0.2, 0) is 0 Å². The number of hydrogen-bond acceptors (Lipinski definition) is 4. The quantitative estimate of drug-likeness (QED) is 0.671. The Kier molecular flexibility index (Phi) is 4.44. The third-order valence-electron chi connectivity index (χ3n) is 2.53. The van der Waals surface area contributed by atoms with Crippen molar-refractivity contribution in [3.05, 3.63) is 62.9 Å². The Morgan fingerprint density at radius 3 is 2.52 bits per heavy atom. The van der Waals surface area contributed by atoms with E-state index < -0.39 is 28.0 Å². The van der Waals surface area contributed by atoms with E-state index in [9.17, 15) is 19.3 Å². The number of nitro groups is 1. The number of halogens is 2. The van der Waals surface area contributed by atoms with Crippen molar-refractivity contribution in [2.75, 3.05) is 0 Å². The number of hydrogen-bond donors (Lipinski definition) is 1. The summed E-state index contributed by atoms with van der Waals surface area (Å²) in [6.45, 7) is 0. The first kappa shape index (κ1) is 15.3. The molecular weight excluding hydrogens is 321 g/mol. The number of aromatic carboxylic acids is 1. The largest absolute Gasteiger partial charge is 0.478 e. The van der Waals surface area contributed by atoms with Gasteiger partial charge in [0.2, 0.25) is 0 Å². The van der Waals surface area contributed by atoms with Crippen molar-refractivity contribution in [2.24, 2.45) is 0 Å². The minimum absolute atomic E-state index is 0.0180. The highest BCUT2D eigenvalue weighted by Gasteiger charge is 2.23. The smallest absolute Gasteiger partial charge is 0.338 e. The van der Waals surface area contributed by atoms with Gasteiger partial charge in [-0.2, -0.15) is 0 Å². The maximum atomic E-state index is 13.7. The maximum Gasteiger partial charge on any atom is 0.338 e. The van der Waals surface area contributed by atoms with Crippen molar-refractivity contribution in [3.8, 4) is 0 Å². The van der Waals surface area contributed by atoms with Gasteiger partial charge in [0.1, 0.15) is 11.4 Å². The average Bonchev–Trinajstić information content (AvgIpc) is 2.40. The molecule has 0 fully saturated rings. The molecule has 0 saturated carbocycles. The molecule has 1 N–H and O–H groups in total. The lowest BCUT2D eigenvalue weighted by atomic mass is 10.2. The molecule has 108 valence electrons. The molecule has 0 radical (unpaired) electrons. The minimum atomic E-state index is -1.56. The highest BCUT2D eigenvalue weighted by atomic mass is 35.5. The van der Waals surface area contributed by atoms with Crippen LogP contribution >= 0.6 is 23.4 Å². The monoisotopic (exact) mass is 327 g/mol. The van der Waals surface area contributed by atoms with Crippen LogP contribution in [0.2, 0.25) is 5.02 Å². The van der Waals surface area contributed by atoms with Crippen molar-refractivity contribution in [3.63, 3.8) is 0 Å². The lowest BCUT2D eigenvalue weighted by Crippen LogP contribution is -2.03. The fourth-order valence-corrected chi connectivity index (χ4v) is 2.78. The van der Waals surface area contributed by atoms with E-state index in [1.54, 1.807) is 24.3 Å². The number of nitrogens with zero attached hydrogens (tertiary/aromatic N) is 1. The molecule has 0 unspecified atom stereocenters. The van der Waals surface area contributed by atoms with E-state index in [4.69, 9.17) is 16.7 Å². The van der Waals surface area contributed by atoms with E-state index >= 15 is 0 Å². The predicted octanol–water partition coefficient (Wildman–Crippen LogP) is 4.24. The van der Waals surface area contributed by atoms with E-state index in [1.165, 1.54) is 0 Å². The van der Waals surface area contributed by atoms with E-state index in [2.05, 4.69) is 0 Å². The molecule has 2 aromatic carbocycles. The molecule has 0 heterocycles. The zero-order valence-electron chi connectivity index (χ0n) is 10.2. The molecule has 0 aliphatic carbocycles. The molecule has 0 spiro atoms. The van der Waals surface area contributed by atoms with Gasteiger partial charge in [-0.25, -0.2) is 9.18 Å². The summed E-state index contributed by atoms with van der Waals surface area (Å²) >= 11 is 6.85. The number of nitro benzene ring substituents is 1. The van der Waals surface area contributed by atoms with Crippen LogP contribution in [0.15, 0.2) is 46.2 Å². The fraction of sp³-hybridized carbons (Fsp3) is 0.